The molecular formula is C14H12F2N2O2. The summed E-state index contributed by atoms with van der Waals surface area (Å²) in [6, 6.07) is 5.74. The van der Waals surface area contributed by atoms with E-state index in [1.54, 1.807) is 0 Å². The van der Waals surface area contributed by atoms with Gasteiger partial charge >= 0.3 is 0 Å². The van der Waals surface area contributed by atoms with Crippen molar-refractivity contribution in [3.63, 3.8) is 0 Å². The Bertz CT molecular complexity index is 681. The summed E-state index contributed by atoms with van der Waals surface area (Å²) in [5.74, 6) is 0.400. The maximum atomic E-state index is 12.5. The second kappa shape index (κ2) is 5.13. The van der Waals surface area contributed by atoms with Gasteiger partial charge in [-0.25, -0.2) is 13.8 Å². The zero-order chi connectivity index (χ0) is 14.1. The van der Waals surface area contributed by atoms with E-state index in [0.29, 0.717) is 35.7 Å². The molecule has 6 heteroatoms. The summed E-state index contributed by atoms with van der Waals surface area (Å²) < 4.78 is 30.2. The van der Waals surface area contributed by atoms with E-state index in [1.807, 2.05) is 0 Å². The van der Waals surface area contributed by atoms with Crippen LogP contribution in [0.25, 0.3) is 11.4 Å². The molecule has 0 bridgehead atoms. The van der Waals surface area contributed by atoms with Gasteiger partial charge < -0.3 is 9.72 Å². The SMILES string of the molecule is O=c1[nH]c(-c2ccc(C(F)F)cc2)nc2c1COCC2. The third-order valence-electron chi connectivity index (χ3n) is 3.27. The monoisotopic (exact) mass is 278 g/mol. The number of nitrogens with zero attached hydrogens (tertiary/aromatic N) is 1. The first-order chi connectivity index (χ1) is 9.65. The number of aromatic amines is 1. The fourth-order valence-corrected chi connectivity index (χ4v) is 2.17. The molecule has 0 aliphatic carbocycles. The van der Waals surface area contributed by atoms with Crippen LogP contribution in [0, 0.1) is 0 Å². The van der Waals surface area contributed by atoms with Crippen molar-refractivity contribution >= 4 is 0 Å². The number of nitrogens with one attached hydrogen (secondary N) is 1. The lowest BCUT2D eigenvalue weighted by molar-refractivity contribution is 0.108. The van der Waals surface area contributed by atoms with Crippen LogP contribution in [0.1, 0.15) is 23.2 Å². The molecule has 1 aromatic heterocycles. The Hall–Kier alpha value is -2.08. The highest BCUT2D eigenvalue weighted by atomic mass is 19.3. The molecule has 104 valence electrons. The highest BCUT2D eigenvalue weighted by molar-refractivity contribution is 5.55. The summed E-state index contributed by atoms with van der Waals surface area (Å²) in [7, 11) is 0. The Labute approximate surface area is 113 Å². The predicted molar refractivity (Wildman–Crippen MR) is 68.6 cm³/mol. The van der Waals surface area contributed by atoms with Gasteiger partial charge in [0.2, 0.25) is 0 Å². The molecule has 0 saturated heterocycles. The molecule has 1 aliphatic heterocycles. The molecule has 0 spiro atoms. The third kappa shape index (κ3) is 2.34. The fraction of sp³-hybridized carbons (Fsp3) is 0.286. The Kier molecular flexibility index (Phi) is 3.31. The van der Waals surface area contributed by atoms with E-state index in [1.165, 1.54) is 24.3 Å². The zero-order valence-corrected chi connectivity index (χ0v) is 10.5. The molecule has 3 rings (SSSR count). The average molecular weight is 278 g/mol. The molecule has 0 saturated carbocycles. The van der Waals surface area contributed by atoms with Gasteiger partial charge in [-0.05, 0) is 0 Å². The Morgan fingerprint density at radius 2 is 2.00 bits per heavy atom. The molecule has 0 unspecified atom stereocenters. The van der Waals surface area contributed by atoms with Crippen LogP contribution in [-0.4, -0.2) is 16.6 Å². The van der Waals surface area contributed by atoms with Crippen LogP contribution in [0.5, 0.6) is 0 Å². The van der Waals surface area contributed by atoms with Gasteiger partial charge in [-0.15, -0.1) is 0 Å². The van der Waals surface area contributed by atoms with Gasteiger partial charge in [0.1, 0.15) is 5.82 Å². The van der Waals surface area contributed by atoms with E-state index < -0.39 is 6.43 Å². The molecular weight excluding hydrogens is 266 g/mol. The molecule has 2 heterocycles. The maximum Gasteiger partial charge on any atom is 0.263 e. The van der Waals surface area contributed by atoms with Gasteiger partial charge in [0, 0.05) is 17.5 Å². The quantitative estimate of drug-likeness (QED) is 0.918. The van der Waals surface area contributed by atoms with Crippen molar-refractivity contribution in [3.8, 4) is 11.4 Å². The summed E-state index contributed by atoms with van der Waals surface area (Å²) in [6.07, 6.45) is -1.92. The van der Waals surface area contributed by atoms with E-state index in [-0.39, 0.29) is 17.7 Å². The van der Waals surface area contributed by atoms with Gasteiger partial charge in [0.05, 0.1) is 24.5 Å². The van der Waals surface area contributed by atoms with Crippen molar-refractivity contribution in [2.24, 2.45) is 0 Å². The van der Waals surface area contributed by atoms with Gasteiger partial charge in [0.25, 0.3) is 12.0 Å². The first-order valence-electron chi connectivity index (χ1n) is 6.23. The molecule has 1 aromatic carbocycles. The smallest absolute Gasteiger partial charge is 0.263 e. The standard InChI is InChI=1S/C14H12F2N2O2/c15-12(16)8-1-3-9(4-2-8)13-17-11-5-6-20-7-10(11)14(19)18-13/h1-4,12H,5-7H2,(H,17,18,19). The minimum Gasteiger partial charge on any atom is -0.376 e. The molecule has 0 atom stereocenters. The minimum absolute atomic E-state index is 0.0533. The van der Waals surface area contributed by atoms with Crippen molar-refractivity contribution < 1.29 is 13.5 Å². The first kappa shape index (κ1) is 12.9. The first-order valence-corrected chi connectivity index (χ1v) is 6.23. The number of halogens is 2. The number of alkyl halides is 2. The van der Waals surface area contributed by atoms with Gasteiger partial charge in [0.15, 0.2) is 0 Å². The Balaban J connectivity index is 2.02. The predicted octanol–water partition coefficient (Wildman–Crippen LogP) is 2.45. The summed E-state index contributed by atoms with van der Waals surface area (Å²) in [4.78, 5) is 19.0. The lowest BCUT2D eigenvalue weighted by Crippen LogP contribution is -2.24. The number of hydrogen-bond acceptors (Lipinski definition) is 3. The zero-order valence-electron chi connectivity index (χ0n) is 10.5. The van der Waals surface area contributed by atoms with Crippen LogP contribution in [0.2, 0.25) is 0 Å². The normalized spacial score (nSPS) is 14.3. The van der Waals surface area contributed by atoms with Crippen LogP contribution < -0.4 is 5.56 Å². The summed E-state index contributed by atoms with van der Waals surface area (Å²) in [5, 5.41) is 0. The van der Waals surface area contributed by atoms with Gasteiger partial charge in [-0.2, -0.15) is 0 Å². The van der Waals surface area contributed by atoms with E-state index in [0.717, 1.165) is 0 Å². The molecule has 0 amide bonds. The van der Waals surface area contributed by atoms with E-state index in [4.69, 9.17) is 4.74 Å². The topological polar surface area (TPSA) is 55.0 Å². The highest BCUT2D eigenvalue weighted by Crippen LogP contribution is 2.22. The lowest BCUT2D eigenvalue weighted by atomic mass is 10.1. The maximum absolute atomic E-state index is 12.5. The number of aromatic nitrogens is 2. The Morgan fingerprint density at radius 1 is 1.25 bits per heavy atom. The van der Waals surface area contributed by atoms with Crippen molar-refractivity contribution in [1.29, 1.82) is 0 Å². The number of rotatable bonds is 2. The van der Waals surface area contributed by atoms with E-state index in [2.05, 4.69) is 9.97 Å². The van der Waals surface area contributed by atoms with Crippen molar-refractivity contribution in [3.05, 3.63) is 51.4 Å². The largest absolute Gasteiger partial charge is 0.376 e. The summed E-state index contributed by atoms with van der Waals surface area (Å²) in [5.41, 5.74) is 1.59. The van der Waals surface area contributed by atoms with Crippen molar-refractivity contribution in [1.82, 2.24) is 9.97 Å². The number of ether oxygens (including phenoxy) is 1. The van der Waals surface area contributed by atoms with Gasteiger partial charge in [-0.3, -0.25) is 4.79 Å². The van der Waals surface area contributed by atoms with Crippen LogP contribution in [0.3, 0.4) is 0 Å². The van der Waals surface area contributed by atoms with Crippen LogP contribution in [0.4, 0.5) is 8.78 Å². The highest BCUT2D eigenvalue weighted by Gasteiger charge is 2.16. The molecule has 4 nitrogen and oxygen atoms in total. The number of benzene rings is 1. The summed E-state index contributed by atoms with van der Waals surface area (Å²) in [6.45, 7) is 0.801. The number of H-pyrrole nitrogens is 1. The second-order valence-electron chi connectivity index (χ2n) is 4.57. The number of hydrogen-bond donors (Lipinski definition) is 1. The third-order valence-corrected chi connectivity index (χ3v) is 3.27. The average Bonchev–Trinajstić information content (AvgIpc) is 2.47. The molecule has 1 N–H and O–H groups in total. The van der Waals surface area contributed by atoms with Crippen LogP contribution in [-0.2, 0) is 17.8 Å². The molecule has 1 aliphatic rings. The molecule has 0 radical (unpaired) electrons. The molecule has 2 aromatic rings. The van der Waals surface area contributed by atoms with Gasteiger partial charge in [-0.1, -0.05) is 24.3 Å². The Morgan fingerprint density at radius 3 is 2.70 bits per heavy atom. The molecule has 20 heavy (non-hydrogen) atoms. The van der Waals surface area contributed by atoms with E-state index >= 15 is 0 Å². The van der Waals surface area contributed by atoms with E-state index in [9.17, 15) is 13.6 Å². The minimum atomic E-state index is -2.50. The fourth-order valence-electron chi connectivity index (χ4n) is 2.17. The lowest BCUT2D eigenvalue weighted by Gasteiger charge is -2.15. The second-order valence-corrected chi connectivity index (χ2v) is 4.57. The van der Waals surface area contributed by atoms with Crippen LogP contribution >= 0.6 is 0 Å². The molecule has 0 fully saturated rings. The number of fused-ring (bicyclic) bond motifs is 1. The van der Waals surface area contributed by atoms with Crippen molar-refractivity contribution in [2.45, 2.75) is 19.5 Å². The van der Waals surface area contributed by atoms with Crippen LogP contribution in [0.15, 0.2) is 29.1 Å². The summed E-state index contributed by atoms with van der Waals surface area (Å²) >= 11 is 0. The van der Waals surface area contributed by atoms with Crippen molar-refractivity contribution in [2.75, 3.05) is 6.61 Å².